The number of hydrogen-bond donors (Lipinski definition) is 0. The second-order valence-corrected chi connectivity index (χ2v) is 8.54. The number of amides is 1. The molecule has 170 valence electrons. The smallest absolute Gasteiger partial charge is 0.254 e. The number of fused-ring (bicyclic) bond motifs is 2. The van der Waals surface area contributed by atoms with Gasteiger partial charge in [0.2, 0.25) is 6.79 Å². The van der Waals surface area contributed by atoms with E-state index in [1.165, 1.54) is 5.56 Å². The van der Waals surface area contributed by atoms with Gasteiger partial charge in [-0.2, -0.15) is 0 Å². The first-order chi connectivity index (χ1) is 16.7. The molecule has 6 rings (SSSR count). The van der Waals surface area contributed by atoms with Gasteiger partial charge in [0.05, 0.1) is 22.5 Å². The van der Waals surface area contributed by atoms with E-state index in [0.717, 1.165) is 47.7 Å². The Morgan fingerprint density at radius 3 is 2.53 bits per heavy atom. The predicted molar refractivity (Wildman–Crippen MR) is 129 cm³/mol. The SMILES string of the molecule is O=C(c1cc(-c2ccccn2)nc2ccccc12)N1CCN(Cc2ccc3c(c2)OCO3)CC1. The van der Waals surface area contributed by atoms with E-state index in [0.29, 0.717) is 24.3 Å². The number of carbonyl (C=O) groups is 1. The van der Waals surface area contributed by atoms with E-state index >= 15 is 0 Å². The van der Waals surface area contributed by atoms with Crippen LogP contribution in [0.3, 0.4) is 0 Å². The van der Waals surface area contributed by atoms with Crippen molar-refractivity contribution in [3.63, 3.8) is 0 Å². The Morgan fingerprint density at radius 2 is 1.68 bits per heavy atom. The zero-order valence-corrected chi connectivity index (χ0v) is 18.7. The first-order valence-corrected chi connectivity index (χ1v) is 11.5. The predicted octanol–water partition coefficient (Wildman–Crippen LogP) is 3.98. The Balaban J connectivity index is 1.20. The Labute approximate surface area is 197 Å². The molecule has 0 aliphatic carbocycles. The van der Waals surface area contributed by atoms with Crippen molar-refractivity contribution >= 4 is 16.8 Å². The lowest BCUT2D eigenvalue weighted by Crippen LogP contribution is -2.48. The molecule has 4 aromatic rings. The highest BCUT2D eigenvalue weighted by Crippen LogP contribution is 2.33. The maximum atomic E-state index is 13.6. The first-order valence-electron chi connectivity index (χ1n) is 11.5. The molecule has 1 fully saturated rings. The van der Waals surface area contributed by atoms with E-state index in [4.69, 9.17) is 14.5 Å². The van der Waals surface area contributed by atoms with Gasteiger partial charge >= 0.3 is 0 Å². The summed E-state index contributed by atoms with van der Waals surface area (Å²) in [5.41, 5.74) is 4.13. The number of nitrogens with zero attached hydrogens (tertiary/aromatic N) is 4. The van der Waals surface area contributed by atoms with Crippen molar-refractivity contribution in [1.29, 1.82) is 0 Å². The molecule has 2 aromatic carbocycles. The number of ether oxygens (including phenoxy) is 2. The van der Waals surface area contributed by atoms with E-state index in [1.54, 1.807) is 6.20 Å². The van der Waals surface area contributed by atoms with Crippen LogP contribution in [0.25, 0.3) is 22.3 Å². The van der Waals surface area contributed by atoms with Crippen molar-refractivity contribution in [2.24, 2.45) is 0 Å². The molecule has 2 aliphatic rings. The zero-order chi connectivity index (χ0) is 22.9. The Kier molecular flexibility index (Phi) is 5.31. The van der Waals surface area contributed by atoms with Crippen LogP contribution in [0, 0.1) is 0 Å². The van der Waals surface area contributed by atoms with Crippen molar-refractivity contribution in [2.75, 3.05) is 33.0 Å². The number of pyridine rings is 2. The standard InChI is InChI=1S/C27H24N4O3/c32-27(21-16-24(23-7-3-4-10-28-23)29-22-6-2-1-5-20(21)22)31-13-11-30(12-14-31)17-19-8-9-25-26(15-19)34-18-33-25/h1-10,15-16H,11-14,17-18H2. The number of piperazine rings is 1. The number of aromatic nitrogens is 2. The lowest BCUT2D eigenvalue weighted by molar-refractivity contribution is 0.0630. The monoisotopic (exact) mass is 452 g/mol. The summed E-state index contributed by atoms with van der Waals surface area (Å²) in [5, 5.41) is 0.870. The zero-order valence-electron chi connectivity index (χ0n) is 18.7. The normalized spacial score (nSPS) is 15.6. The average Bonchev–Trinajstić information content (AvgIpc) is 3.37. The van der Waals surface area contributed by atoms with Crippen molar-refractivity contribution in [2.45, 2.75) is 6.54 Å². The number of para-hydroxylation sites is 1. The maximum Gasteiger partial charge on any atom is 0.254 e. The molecular formula is C27H24N4O3. The van der Waals surface area contributed by atoms with Gasteiger partial charge in [-0.05, 0) is 42.0 Å². The minimum Gasteiger partial charge on any atom is -0.454 e. The molecule has 0 spiro atoms. The van der Waals surface area contributed by atoms with E-state index in [9.17, 15) is 4.79 Å². The molecule has 1 saturated heterocycles. The Hall–Kier alpha value is -3.97. The van der Waals surface area contributed by atoms with Gasteiger partial charge in [0, 0.05) is 44.3 Å². The van der Waals surface area contributed by atoms with Crippen LogP contribution in [0.2, 0.25) is 0 Å². The summed E-state index contributed by atoms with van der Waals surface area (Å²) < 4.78 is 10.9. The molecule has 7 heteroatoms. The van der Waals surface area contributed by atoms with E-state index in [-0.39, 0.29) is 12.7 Å². The van der Waals surface area contributed by atoms with E-state index < -0.39 is 0 Å². The lowest BCUT2D eigenvalue weighted by atomic mass is 10.0. The topological polar surface area (TPSA) is 67.8 Å². The number of rotatable bonds is 4. The second kappa shape index (κ2) is 8.76. The third-order valence-corrected chi connectivity index (χ3v) is 6.38. The maximum absolute atomic E-state index is 13.6. The Bertz CT molecular complexity index is 1350. The highest BCUT2D eigenvalue weighted by atomic mass is 16.7. The fraction of sp³-hybridized carbons (Fsp3) is 0.222. The van der Waals surface area contributed by atoms with E-state index in [1.807, 2.05) is 65.6 Å². The molecule has 4 heterocycles. The molecular weight excluding hydrogens is 428 g/mol. The third-order valence-electron chi connectivity index (χ3n) is 6.38. The van der Waals surface area contributed by atoms with Crippen LogP contribution in [0.1, 0.15) is 15.9 Å². The van der Waals surface area contributed by atoms with Crippen molar-refractivity contribution < 1.29 is 14.3 Å². The van der Waals surface area contributed by atoms with Gasteiger partial charge in [0.1, 0.15) is 0 Å². The fourth-order valence-electron chi connectivity index (χ4n) is 4.57. The quantitative estimate of drug-likeness (QED) is 0.467. The molecule has 0 atom stereocenters. The lowest BCUT2D eigenvalue weighted by Gasteiger charge is -2.35. The van der Waals surface area contributed by atoms with Gasteiger partial charge in [-0.3, -0.25) is 14.7 Å². The van der Waals surface area contributed by atoms with Crippen LogP contribution in [0.15, 0.2) is 72.9 Å². The molecule has 0 radical (unpaired) electrons. The largest absolute Gasteiger partial charge is 0.454 e. The highest BCUT2D eigenvalue weighted by Gasteiger charge is 2.25. The van der Waals surface area contributed by atoms with Crippen LogP contribution >= 0.6 is 0 Å². The molecule has 0 bridgehead atoms. The first kappa shape index (κ1) is 20.6. The summed E-state index contributed by atoms with van der Waals surface area (Å²) in [4.78, 5) is 27.1. The summed E-state index contributed by atoms with van der Waals surface area (Å²) in [5.74, 6) is 1.65. The average molecular weight is 453 g/mol. The molecule has 2 aromatic heterocycles. The van der Waals surface area contributed by atoms with Crippen LogP contribution in [0.4, 0.5) is 0 Å². The summed E-state index contributed by atoms with van der Waals surface area (Å²) in [6.45, 7) is 4.09. The van der Waals surface area contributed by atoms with E-state index in [2.05, 4.69) is 16.0 Å². The van der Waals surface area contributed by atoms with Gasteiger partial charge in [-0.25, -0.2) is 4.98 Å². The number of hydrogen-bond acceptors (Lipinski definition) is 6. The molecule has 0 unspecified atom stereocenters. The van der Waals surface area contributed by atoms with Crippen LogP contribution in [-0.4, -0.2) is 58.6 Å². The highest BCUT2D eigenvalue weighted by molar-refractivity contribution is 6.07. The van der Waals surface area contributed by atoms with Crippen LogP contribution in [-0.2, 0) is 6.54 Å². The fourth-order valence-corrected chi connectivity index (χ4v) is 4.57. The minimum atomic E-state index is 0.0403. The molecule has 7 nitrogen and oxygen atoms in total. The van der Waals surface area contributed by atoms with Gasteiger partial charge < -0.3 is 14.4 Å². The van der Waals surface area contributed by atoms with Gasteiger partial charge in [-0.15, -0.1) is 0 Å². The van der Waals surface area contributed by atoms with Crippen molar-refractivity contribution in [1.82, 2.24) is 19.8 Å². The molecule has 2 aliphatic heterocycles. The molecule has 1 amide bonds. The van der Waals surface area contributed by atoms with Crippen LogP contribution < -0.4 is 9.47 Å². The molecule has 0 saturated carbocycles. The van der Waals surface area contributed by atoms with Crippen molar-refractivity contribution in [3.05, 3.63) is 84.1 Å². The summed E-state index contributed by atoms with van der Waals surface area (Å²) in [7, 11) is 0. The number of benzene rings is 2. The summed E-state index contributed by atoms with van der Waals surface area (Å²) in [6.07, 6.45) is 1.74. The van der Waals surface area contributed by atoms with Gasteiger partial charge in [0.25, 0.3) is 5.91 Å². The molecule has 0 N–H and O–H groups in total. The molecule has 34 heavy (non-hydrogen) atoms. The van der Waals surface area contributed by atoms with Gasteiger partial charge in [0.15, 0.2) is 11.5 Å². The summed E-state index contributed by atoms with van der Waals surface area (Å²) in [6, 6.07) is 21.5. The minimum absolute atomic E-state index is 0.0403. The summed E-state index contributed by atoms with van der Waals surface area (Å²) >= 11 is 0. The van der Waals surface area contributed by atoms with Crippen molar-refractivity contribution in [3.8, 4) is 22.9 Å². The van der Waals surface area contributed by atoms with Gasteiger partial charge in [-0.1, -0.05) is 30.3 Å². The third kappa shape index (κ3) is 3.95. The van der Waals surface area contributed by atoms with Crippen LogP contribution in [0.5, 0.6) is 11.5 Å². The number of carbonyl (C=O) groups excluding carboxylic acids is 1. The second-order valence-electron chi connectivity index (χ2n) is 8.54. The Morgan fingerprint density at radius 1 is 0.853 bits per heavy atom.